The maximum Gasteiger partial charge on any atom is 0.191 e. The van der Waals surface area contributed by atoms with Gasteiger partial charge in [-0.3, -0.25) is 0 Å². The molecule has 0 amide bonds. The zero-order valence-electron chi connectivity index (χ0n) is 7.72. The zero-order valence-corrected chi connectivity index (χ0v) is 8.53. The second kappa shape index (κ2) is 6.91. The lowest BCUT2D eigenvalue weighted by Crippen LogP contribution is -2.12. The van der Waals surface area contributed by atoms with Crippen molar-refractivity contribution in [2.75, 3.05) is 20.3 Å². The van der Waals surface area contributed by atoms with Gasteiger partial charge in [0.15, 0.2) is 10.9 Å². The van der Waals surface area contributed by atoms with Gasteiger partial charge in [-0.05, 0) is 26.1 Å². The summed E-state index contributed by atoms with van der Waals surface area (Å²) in [5.41, 5.74) is 0. The summed E-state index contributed by atoms with van der Waals surface area (Å²) in [6, 6.07) is 0. The van der Waals surface area contributed by atoms with Crippen LogP contribution in [-0.2, 0) is 9.47 Å². The molecule has 1 N–H and O–H groups in total. The van der Waals surface area contributed by atoms with Gasteiger partial charge >= 0.3 is 0 Å². The quantitative estimate of drug-likeness (QED) is 0.403. The molecule has 0 aliphatic carbocycles. The van der Waals surface area contributed by atoms with E-state index < -0.39 is 0 Å². The molecule has 0 radical (unpaired) electrons. The van der Waals surface area contributed by atoms with Crippen LogP contribution < -0.4 is 5.32 Å². The summed E-state index contributed by atoms with van der Waals surface area (Å²) in [5.74, 6) is 0.635. The van der Waals surface area contributed by atoms with E-state index in [2.05, 4.69) is 5.32 Å². The Kier molecular flexibility index (Phi) is 6.47. The van der Waals surface area contributed by atoms with E-state index in [1.54, 1.807) is 13.1 Å². The molecule has 0 bridgehead atoms. The molecule has 0 atom stereocenters. The van der Waals surface area contributed by atoms with E-state index in [9.17, 15) is 0 Å². The molecule has 0 heterocycles. The van der Waals surface area contributed by atoms with Gasteiger partial charge in [0.05, 0.1) is 19.3 Å². The first-order chi connectivity index (χ1) is 5.74. The summed E-state index contributed by atoms with van der Waals surface area (Å²) in [5, 5.41) is 3.30. The minimum Gasteiger partial charge on any atom is -0.483 e. The maximum atomic E-state index is 5.19. The predicted octanol–water partition coefficient (Wildman–Crippen LogP) is 1.45. The molecule has 4 heteroatoms. The topological polar surface area (TPSA) is 30.5 Å². The normalized spacial score (nSPS) is 10.8. The molecular formula is C8H15NO2S. The van der Waals surface area contributed by atoms with E-state index in [-0.39, 0.29) is 0 Å². The second-order valence-electron chi connectivity index (χ2n) is 1.94. The molecule has 0 aromatic carbocycles. The largest absolute Gasteiger partial charge is 0.483 e. The first-order valence-electron chi connectivity index (χ1n) is 3.93. The first-order valence-corrected chi connectivity index (χ1v) is 4.34. The Bertz CT molecular complexity index is 168. The van der Waals surface area contributed by atoms with Crippen LogP contribution in [-0.4, -0.2) is 25.3 Å². The van der Waals surface area contributed by atoms with Crippen LogP contribution in [0.5, 0.6) is 0 Å². The Morgan fingerprint density at radius 1 is 1.33 bits per heavy atom. The van der Waals surface area contributed by atoms with Crippen molar-refractivity contribution in [1.82, 2.24) is 5.32 Å². The minimum atomic E-state index is 0.440. The Morgan fingerprint density at radius 3 is 2.33 bits per heavy atom. The summed E-state index contributed by atoms with van der Waals surface area (Å²) >= 11 is 4.89. The number of ether oxygens (including phenoxy) is 2. The molecule has 0 aromatic rings. The molecule has 12 heavy (non-hydrogen) atoms. The van der Waals surface area contributed by atoms with Crippen molar-refractivity contribution in [3.63, 3.8) is 0 Å². The molecule has 0 saturated carbocycles. The number of nitrogens with one attached hydrogen (secondary N) is 1. The van der Waals surface area contributed by atoms with Crippen molar-refractivity contribution in [3.8, 4) is 0 Å². The lowest BCUT2D eigenvalue weighted by atomic mass is 10.6. The predicted molar refractivity (Wildman–Crippen MR) is 53.0 cm³/mol. The molecule has 0 saturated heterocycles. The SMILES string of the molecule is CCOC(=S)/C=C(\NC)OCC. The summed E-state index contributed by atoms with van der Waals surface area (Å²) in [6.45, 7) is 4.99. The van der Waals surface area contributed by atoms with Gasteiger partial charge in [0.1, 0.15) is 0 Å². The van der Waals surface area contributed by atoms with Crippen LogP contribution in [0.2, 0.25) is 0 Å². The third-order valence-electron chi connectivity index (χ3n) is 1.08. The van der Waals surface area contributed by atoms with Crippen LogP contribution in [0.1, 0.15) is 13.8 Å². The highest BCUT2D eigenvalue weighted by molar-refractivity contribution is 7.80. The van der Waals surface area contributed by atoms with Crippen molar-refractivity contribution in [3.05, 3.63) is 12.0 Å². The van der Waals surface area contributed by atoms with Crippen molar-refractivity contribution in [2.24, 2.45) is 0 Å². The summed E-state index contributed by atoms with van der Waals surface area (Å²) in [6.07, 6.45) is 1.66. The summed E-state index contributed by atoms with van der Waals surface area (Å²) < 4.78 is 10.2. The highest BCUT2D eigenvalue weighted by atomic mass is 32.1. The van der Waals surface area contributed by atoms with Gasteiger partial charge in [-0.1, -0.05) is 0 Å². The number of hydrogen-bond acceptors (Lipinski definition) is 4. The molecule has 3 nitrogen and oxygen atoms in total. The Morgan fingerprint density at radius 2 is 1.92 bits per heavy atom. The van der Waals surface area contributed by atoms with Crippen LogP contribution >= 0.6 is 12.2 Å². The molecule has 0 aliphatic rings. The zero-order chi connectivity index (χ0) is 9.40. The Balaban J connectivity index is 3.98. The third-order valence-corrected chi connectivity index (χ3v) is 1.32. The second-order valence-corrected chi connectivity index (χ2v) is 2.35. The van der Waals surface area contributed by atoms with Crippen LogP contribution in [0.3, 0.4) is 0 Å². The molecule has 0 unspecified atom stereocenters. The van der Waals surface area contributed by atoms with Crippen molar-refractivity contribution in [2.45, 2.75) is 13.8 Å². The van der Waals surface area contributed by atoms with Gasteiger partial charge in [-0.15, -0.1) is 0 Å². The summed E-state index contributed by atoms with van der Waals surface area (Å²) in [4.78, 5) is 0. The number of thiocarbonyl (C=S) groups is 1. The fourth-order valence-corrected chi connectivity index (χ4v) is 0.857. The average Bonchev–Trinajstić information content (AvgIpc) is 2.04. The van der Waals surface area contributed by atoms with E-state index in [1.807, 2.05) is 13.8 Å². The average molecular weight is 189 g/mol. The van der Waals surface area contributed by atoms with Crippen molar-refractivity contribution < 1.29 is 9.47 Å². The van der Waals surface area contributed by atoms with Crippen LogP contribution in [0.25, 0.3) is 0 Å². The van der Waals surface area contributed by atoms with Crippen LogP contribution in [0, 0.1) is 0 Å². The van der Waals surface area contributed by atoms with Gasteiger partial charge in [0.25, 0.3) is 0 Å². The van der Waals surface area contributed by atoms with E-state index in [4.69, 9.17) is 21.7 Å². The molecule has 0 spiro atoms. The minimum absolute atomic E-state index is 0.440. The fraction of sp³-hybridized carbons (Fsp3) is 0.625. The first kappa shape index (κ1) is 11.2. The van der Waals surface area contributed by atoms with E-state index in [0.29, 0.717) is 24.1 Å². The van der Waals surface area contributed by atoms with Crippen LogP contribution in [0.15, 0.2) is 12.0 Å². The van der Waals surface area contributed by atoms with E-state index in [1.165, 1.54) is 0 Å². The lowest BCUT2D eigenvalue weighted by Gasteiger charge is -2.07. The summed E-state index contributed by atoms with van der Waals surface area (Å²) in [7, 11) is 1.77. The molecule has 0 aromatic heterocycles. The van der Waals surface area contributed by atoms with Crippen LogP contribution in [0.4, 0.5) is 0 Å². The highest BCUT2D eigenvalue weighted by Crippen LogP contribution is 1.94. The Hall–Kier alpha value is -0.770. The van der Waals surface area contributed by atoms with Gasteiger partial charge in [0, 0.05) is 7.05 Å². The van der Waals surface area contributed by atoms with Gasteiger partial charge in [-0.25, -0.2) is 0 Å². The monoisotopic (exact) mass is 189 g/mol. The molecular weight excluding hydrogens is 174 g/mol. The molecule has 70 valence electrons. The highest BCUT2D eigenvalue weighted by Gasteiger charge is 1.96. The molecule has 0 rings (SSSR count). The van der Waals surface area contributed by atoms with E-state index >= 15 is 0 Å². The number of rotatable bonds is 5. The number of hydrogen-bond donors (Lipinski definition) is 1. The smallest absolute Gasteiger partial charge is 0.191 e. The maximum absolute atomic E-state index is 5.19. The fourth-order valence-electron chi connectivity index (χ4n) is 0.632. The van der Waals surface area contributed by atoms with Crippen molar-refractivity contribution in [1.29, 1.82) is 0 Å². The van der Waals surface area contributed by atoms with Crippen molar-refractivity contribution >= 4 is 17.3 Å². The van der Waals surface area contributed by atoms with Gasteiger partial charge < -0.3 is 14.8 Å². The third kappa shape index (κ3) is 4.96. The van der Waals surface area contributed by atoms with Gasteiger partial charge in [0.2, 0.25) is 0 Å². The van der Waals surface area contributed by atoms with Gasteiger partial charge in [-0.2, -0.15) is 0 Å². The molecule has 0 aliphatic heterocycles. The Labute approximate surface area is 78.7 Å². The standard InChI is InChI=1S/C8H15NO2S/c1-4-10-7(9-3)6-8(12)11-5-2/h6,9H,4-5H2,1-3H3/b7-6+. The molecule has 0 fully saturated rings. The lowest BCUT2D eigenvalue weighted by molar-refractivity contribution is 0.210. The van der Waals surface area contributed by atoms with E-state index in [0.717, 1.165) is 0 Å².